The molecule has 1 atom stereocenters. The lowest BCUT2D eigenvalue weighted by Gasteiger charge is -2.50. The molecular weight excluding hydrogens is 326 g/mol. The summed E-state index contributed by atoms with van der Waals surface area (Å²) in [4.78, 5) is 9.88. The Morgan fingerprint density at radius 2 is 2.19 bits per heavy atom. The molecule has 2 aliphatic rings. The van der Waals surface area contributed by atoms with E-state index in [2.05, 4.69) is 39.1 Å². The molecule has 26 heavy (non-hydrogen) atoms. The molecular formula is C21H23N3O2. The van der Waals surface area contributed by atoms with Gasteiger partial charge in [0.05, 0.1) is 18.4 Å². The first-order valence-corrected chi connectivity index (χ1v) is 9.27. The largest absolute Gasteiger partial charge is 0.492 e. The molecule has 5 rings (SSSR count). The summed E-state index contributed by atoms with van der Waals surface area (Å²) in [6, 6.07) is 12.5. The summed E-state index contributed by atoms with van der Waals surface area (Å²) >= 11 is 0. The van der Waals surface area contributed by atoms with Crippen molar-refractivity contribution in [1.82, 2.24) is 14.9 Å². The van der Waals surface area contributed by atoms with E-state index in [0.29, 0.717) is 12.5 Å². The van der Waals surface area contributed by atoms with E-state index >= 15 is 0 Å². The lowest BCUT2D eigenvalue weighted by molar-refractivity contribution is -0.140. The normalized spacial score (nSPS) is 21.9. The van der Waals surface area contributed by atoms with E-state index in [-0.39, 0.29) is 5.60 Å². The van der Waals surface area contributed by atoms with Crippen LogP contribution in [-0.2, 0) is 11.3 Å². The average molecular weight is 349 g/mol. The molecule has 4 heterocycles. The fourth-order valence-corrected chi connectivity index (χ4v) is 4.35. The number of rotatable bonds is 5. The van der Waals surface area contributed by atoms with E-state index < -0.39 is 0 Å². The summed E-state index contributed by atoms with van der Waals surface area (Å²) in [6.07, 6.45) is 6.62. The SMILES string of the molecule is c1cncc(OC[C@@H]2CCOC23CN(Cc2cccc4[nH]ccc24)C3)c1. The highest BCUT2D eigenvalue weighted by Crippen LogP contribution is 2.41. The number of ether oxygens (including phenoxy) is 2. The Morgan fingerprint density at radius 3 is 3.08 bits per heavy atom. The van der Waals surface area contributed by atoms with E-state index in [0.717, 1.165) is 38.4 Å². The van der Waals surface area contributed by atoms with Crippen molar-refractivity contribution in [2.45, 2.75) is 18.6 Å². The number of likely N-dealkylation sites (tertiary alicyclic amines) is 1. The second-order valence-electron chi connectivity index (χ2n) is 7.40. The van der Waals surface area contributed by atoms with Crippen LogP contribution >= 0.6 is 0 Å². The second kappa shape index (κ2) is 6.41. The number of nitrogens with zero attached hydrogens (tertiary/aromatic N) is 2. The smallest absolute Gasteiger partial charge is 0.137 e. The molecule has 0 radical (unpaired) electrons. The van der Waals surface area contributed by atoms with Crippen LogP contribution in [0.5, 0.6) is 5.75 Å². The van der Waals surface area contributed by atoms with Gasteiger partial charge in [-0.2, -0.15) is 0 Å². The van der Waals surface area contributed by atoms with Crippen LogP contribution in [0.25, 0.3) is 10.9 Å². The summed E-state index contributed by atoms with van der Waals surface area (Å²) in [6.45, 7) is 4.47. The molecule has 1 spiro atoms. The zero-order valence-corrected chi connectivity index (χ0v) is 14.7. The van der Waals surface area contributed by atoms with Crippen molar-refractivity contribution < 1.29 is 9.47 Å². The fraction of sp³-hybridized carbons (Fsp3) is 0.381. The van der Waals surface area contributed by atoms with E-state index in [4.69, 9.17) is 9.47 Å². The summed E-state index contributed by atoms with van der Waals surface area (Å²) in [5.74, 6) is 1.28. The van der Waals surface area contributed by atoms with E-state index in [1.165, 1.54) is 16.5 Å². The van der Waals surface area contributed by atoms with Crippen molar-refractivity contribution in [3.05, 3.63) is 60.6 Å². The standard InChI is InChI=1S/C21H23N3O2/c1-3-16(19-6-9-23-20(19)5-1)12-24-14-21(15-24)17(7-10-26-21)13-25-18-4-2-8-22-11-18/h1-6,8-9,11,17,23H,7,10,12-15H2/t17-/m0/s1. The number of pyridine rings is 1. The Balaban J connectivity index is 1.22. The molecule has 0 bridgehead atoms. The number of aromatic amines is 1. The maximum Gasteiger partial charge on any atom is 0.137 e. The molecule has 1 aromatic carbocycles. The zero-order chi connectivity index (χ0) is 17.4. The molecule has 5 heteroatoms. The van der Waals surface area contributed by atoms with Gasteiger partial charge in [-0.1, -0.05) is 12.1 Å². The summed E-state index contributed by atoms with van der Waals surface area (Å²) in [5, 5.41) is 1.32. The van der Waals surface area contributed by atoms with Gasteiger partial charge in [0.2, 0.25) is 0 Å². The van der Waals surface area contributed by atoms with Gasteiger partial charge in [-0.3, -0.25) is 9.88 Å². The van der Waals surface area contributed by atoms with Crippen molar-refractivity contribution in [3.8, 4) is 5.75 Å². The summed E-state index contributed by atoms with van der Waals surface area (Å²) < 4.78 is 12.1. The van der Waals surface area contributed by atoms with Crippen LogP contribution in [0, 0.1) is 5.92 Å². The van der Waals surface area contributed by atoms with E-state index in [9.17, 15) is 0 Å². The third kappa shape index (κ3) is 2.77. The summed E-state index contributed by atoms with van der Waals surface area (Å²) in [7, 11) is 0. The van der Waals surface area contributed by atoms with E-state index in [1.807, 2.05) is 18.3 Å². The Labute approximate surface area is 152 Å². The first-order chi connectivity index (χ1) is 12.8. The number of H-pyrrole nitrogens is 1. The Bertz CT molecular complexity index is 886. The molecule has 2 aliphatic heterocycles. The van der Waals surface area contributed by atoms with Crippen LogP contribution in [0.3, 0.4) is 0 Å². The zero-order valence-electron chi connectivity index (χ0n) is 14.7. The van der Waals surface area contributed by atoms with Crippen LogP contribution < -0.4 is 4.74 Å². The van der Waals surface area contributed by atoms with Crippen molar-refractivity contribution in [2.24, 2.45) is 5.92 Å². The monoisotopic (exact) mass is 349 g/mol. The lowest BCUT2D eigenvalue weighted by atomic mass is 9.81. The quantitative estimate of drug-likeness (QED) is 0.768. The number of nitrogens with one attached hydrogen (secondary N) is 1. The molecule has 3 aromatic rings. The number of hydrogen-bond donors (Lipinski definition) is 1. The van der Waals surface area contributed by atoms with Crippen LogP contribution in [-0.4, -0.2) is 46.8 Å². The highest BCUT2D eigenvalue weighted by atomic mass is 16.5. The molecule has 5 nitrogen and oxygen atoms in total. The van der Waals surface area contributed by atoms with Gasteiger partial charge in [-0.25, -0.2) is 0 Å². The summed E-state index contributed by atoms with van der Waals surface area (Å²) in [5.41, 5.74) is 2.55. The number of aromatic nitrogens is 2. The maximum absolute atomic E-state index is 6.17. The predicted octanol–water partition coefficient (Wildman–Crippen LogP) is 3.23. The number of hydrogen-bond acceptors (Lipinski definition) is 4. The minimum Gasteiger partial charge on any atom is -0.492 e. The van der Waals surface area contributed by atoms with Crippen molar-refractivity contribution in [3.63, 3.8) is 0 Å². The van der Waals surface area contributed by atoms with Crippen molar-refractivity contribution in [2.75, 3.05) is 26.3 Å². The van der Waals surface area contributed by atoms with Gasteiger partial charge in [0.15, 0.2) is 0 Å². The molecule has 2 saturated heterocycles. The number of fused-ring (bicyclic) bond motifs is 1. The third-order valence-electron chi connectivity index (χ3n) is 5.75. The first kappa shape index (κ1) is 15.9. The van der Waals surface area contributed by atoms with Gasteiger partial charge in [-0.15, -0.1) is 0 Å². The van der Waals surface area contributed by atoms with Gasteiger partial charge in [0, 0.05) is 55.5 Å². The van der Waals surface area contributed by atoms with Crippen LogP contribution in [0.1, 0.15) is 12.0 Å². The highest BCUT2D eigenvalue weighted by molar-refractivity contribution is 5.82. The molecule has 0 unspecified atom stereocenters. The van der Waals surface area contributed by atoms with Crippen molar-refractivity contribution >= 4 is 10.9 Å². The molecule has 2 fully saturated rings. The highest BCUT2D eigenvalue weighted by Gasteiger charge is 2.53. The molecule has 0 amide bonds. The molecule has 0 aliphatic carbocycles. The second-order valence-corrected chi connectivity index (χ2v) is 7.40. The lowest BCUT2D eigenvalue weighted by Crippen LogP contribution is -2.64. The van der Waals surface area contributed by atoms with Gasteiger partial charge in [0.1, 0.15) is 5.75 Å². The van der Waals surface area contributed by atoms with Crippen LogP contribution in [0.4, 0.5) is 0 Å². The van der Waals surface area contributed by atoms with Gasteiger partial charge in [-0.05, 0) is 36.2 Å². The Hall–Kier alpha value is -2.37. The molecule has 2 aromatic heterocycles. The number of benzene rings is 1. The molecule has 0 saturated carbocycles. The minimum atomic E-state index is -0.0335. The Kier molecular flexibility index (Phi) is 3.91. The van der Waals surface area contributed by atoms with E-state index in [1.54, 1.807) is 12.4 Å². The van der Waals surface area contributed by atoms with Gasteiger partial charge < -0.3 is 14.5 Å². The Morgan fingerprint density at radius 1 is 1.23 bits per heavy atom. The van der Waals surface area contributed by atoms with Crippen LogP contribution in [0.2, 0.25) is 0 Å². The first-order valence-electron chi connectivity index (χ1n) is 9.27. The van der Waals surface area contributed by atoms with Crippen LogP contribution in [0.15, 0.2) is 55.0 Å². The van der Waals surface area contributed by atoms with Gasteiger partial charge >= 0.3 is 0 Å². The van der Waals surface area contributed by atoms with Crippen molar-refractivity contribution in [1.29, 1.82) is 0 Å². The topological polar surface area (TPSA) is 50.4 Å². The predicted molar refractivity (Wildman–Crippen MR) is 100 cm³/mol. The molecule has 134 valence electrons. The maximum atomic E-state index is 6.17. The fourth-order valence-electron chi connectivity index (χ4n) is 4.35. The minimum absolute atomic E-state index is 0.0335. The van der Waals surface area contributed by atoms with Gasteiger partial charge in [0.25, 0.3) is 0 Å². The third-order valence-corrected chi connectivity index (χ3v) is 5.75. The average Bonchev–Trinajstić information content (AvgIpc) is 3.28. The molecule has 1 N–H and O–H groups in total.